The highest BCUT2D eigenvalue weighted by Crippen LogP contribution is 2.36. The summed E-state index contributed by atoms with van der Waals surface area (Å²) in [6, 6.07) is 5.48. The van der Waals surface area contributed by atoms with Crippen LogP contribution >= 0.6 is 0 Å². The Hall–Kier alpha value is -1.79. The number of amides is 1. The van der Waals surface area contributed by atoms with Gasteiger partial charge in [0.1, 0.15) is 11.4 Å². The third kappa shape index (κ3) is 2.57. The highest BCUT2D eigenvalue weighted by atomic mass is 16.5. The standard InChI is InChI=1S/C14H19N3O3/c15-11-2-1-3-12-14(11)17(13(18)10-20-12)5-4-16-6-8-19-9-7-16/h1-3H,4-10,15H2. The molecule has 0 saturated carbocycles. The number of para-hydroxylation sites is 1. The fraction of sp³-hybridized carbons (Fsp3) is 0.500. The summed E-state index contributed by atoms with van der Waals surface area (Å²) < 4.78 is 10.8. The SMILES string of the molecule is Nc1cccc2c1N(CCN1CCOCC1)C(=O)CO2. The van der Waals surface area contributed by atoms with Crippen LogP contribution < -0.4 is 15.4 Å². The maximum Gasteiger partial charge on any atom is 0.265 e. The summed E-state index contributed by atoms with van der Waals surface area (Å²) in [5.41, 5.74) is 7.28. The molecule has 2 aliphatic heterocycles. The smallest absolute Gasteiger partial charge is 0.265 e. The van der Waals surface area contributed by atoms with E-state index in [4.69, 9.17) is 15.2 Å². The van der Waals surface area contributed by atoms with Crippen molar-refractivity contribution in [3.8, 4) is 5.75 Å². The number of nitrogen functional groups attached to an aromatic ring is 1. The highest BCUT2D eigenvalue weighted by molar-refractivity contribution is 6.01. The molecule has 108 valence electrons. The summed E-state index contributed by atoms with van der Waals surface area (Å²) in [5.74, 6) is 0.648. The van der Waals surface area contributed by atoms with Crippen molar-refractivity contribution in [2.75, 3.05) is 56.6 Å². The maximum absolute atomic E-state index is 12.1. The third-order valence-corrected chi connectivity index (χ3v) is 3.70. The van der Waals surface area contributed by atoms with Crippen LogP contribution in [0, 0.1) is 0 Å². The van der Waals surface area contributed by atoms with Crippen LogP contribution in [0.25, 0.3) is 0 Å². The van der Waals surface area contributed by atoms with Crippen molar-refractivity contribution in [2.24, 2.45) is 0 Å². The number of anilines is 2. The number of nitrogens with zero attached hydrogens (tertiary/aromatic N) is 2. The molecule has 1 amide bonds. The number of hydrogen-bond acceptors (Lipinski definition) is 5. The quantitative estimate of drug-likeness (QED) is 0.806. The lowest BCUT2D eigenvalue weighted by Crippen LogP contribution is -2.46. The molecule has 0 aliphatic carbocycles. The first-order chi connectivity index (χ1) is 9.75. The Morgan fingerprint density at radius 3 is 2.80 bits per heavy atom. The number of nitrogens with two attached hydrogens (primary N) is 1. The molecule has 2 aliphatic rings. The number of carbonyl (C=O) groups is 1. The normalized spacial score (nSPS) is 19.6. The Morgan fingerprint density at radius 1 is 1.20 bits per heavy atom. The van der Waals surface area contributed by atoms with Crippen LogP contribution in [0.3, 0.4) is 0 Å². The number of rotatable bonds is 3. The van der Waals surface area contributed by atoms with Crippen LogP contribution in [0.15, 0.2) is 18.2 Å². The molecule has 1 aromatic rings. The summed E-state index contributed by atoms with van der Waals surface area (Å²) in [4.78, 5) is 16.1. The Bertz CT molecular complexity index is 500. The second-order valence-corrected chi connectivity index (χ2v) is 4.98. The van der Waals surface area contributed by atoms with Gasteiger partial charge in [0.25, 0.3) is 5.91 Å². The number of fused-ring (bicyclic) bond motifs is 1. The molecule has 20 heavy (non-hydrogen) atoms. The molecule has 1 fully saturated rings. The summed E-state index contributed by atoms with van der Waals surface area (Å²) in [6.45, 7) is 4.88. The lowest BCUT2D eigenvalue weighted by atomic mass is 10.2. The first kappa shape index (κ1) is 13.2. The Kier molecular flexibility index (Phi) is 3.75. The zero-order valence-corrected chi connectivity index (χ0v) is 11.4. The van der Waals surface area contributed by atoms with Gasteiger partial charge in [0.15, 0.2) is 6.61 Å². The molecule has 1 saturated heterocycles. The molecule has 0 aromatic heterocycles. The van der Waals surface area contributed by atoms with Gasteiger partial charge in [0, 0.05) is 26.2 Å². The molecule has 0 radical (unpaired) electrons. The lowest BCUT2D eigenvalue weighted by Gasteiger charge is -2.33. The second-order valence-electron chi connectivity index (χ2n) is 4.98. The minimum atomic E-state index is -0.0383. The highest BCUT2D eigenvalue weighted by Gasteiger charge is 2.27. The van der Waals surface area contributed by atoms with Crippen molar-refractivity contribution in [1.82, 2.24) is 4.90 Å². The molecular formula is C14H19N3O3. The van der Waals surface area contributed by atoms with Crippen LogP contribution in [0.2, 0.25) is 0 Å². The van der Waals surface area contributed by atoms with Gasteiger partial charge in [-0.1, -0.05) is 6.07 Å². The van der Waals surface area contributed by atoms with Gasteiger partial charge in [-0.3, -0.25) is 9.69 Å². The average molecular weight is 277 g/mol. The average Bonchev–Trinajstić information content (AvgIpc) is 2.48. The van der Waals surface area contributed by atoms with E-state index in [2.05, 4.69) is 4.90 Å². The van der Waals surface area contributed by atoms with Crippen LogP contribution in [-0.4, -0.2) is 56.8 Å². The maximum atomic E-state index is 12.1. The van der Waals surface area contributed by atoms with Crippen molar-refractivity contribution in [2.45, 2.75) is 0 Å². The zero-order chi connectivity index (χ0) is 13.9. The molecule has 6 heteroatoms. The van der Waals surface area contributed by atoms with Gasteiger partial charge in [-0.15, -0.1) is 0 Å². The van der Waals surface area contributed by atoms with Crippen molar-refractivity contribution in [3.63, 3.8) is 0 Å². The minimum absolute atomic E-state index is 0.0383. The minimum Gasteiger partial charge on any atom is -0.481 e. The van der Waals surface area contributed by atoms with Crippen molar-refractivity contribution in [1.29, 1.82) is 0 Å². The van der Waals surface area contributed by atoms with Gasteiger partial charge >= 0.3 is 0 Å². The number of hydrogen-bond donors (Lipinski definition) is 1. The van der Waals surface area contributed by atoms with E-state index in [1.807, 2.05) is 12.1 Å². The summed E-state index contributed by atoms with van der Waals surface area (Å²) in [6.07, 6.45) is 0. The molecule has 1 aromatic carbocycles. The van der Waals surface area contributed by atoms with Crippen LogP contribution in [0.5, 0.6) is 5.75 Å². The molecule has 0 bridgehead atoms. The van der Waals surface area contributed by atoms with Crippen molar-refractivity contribution >= 4 is 17.3 Å². The molecule has 0 atom stereocenters. The van der Waals surface area contributed by atoms with E-state index < -0.39 is 0 Å². The van der Waals surface area contributed by atoms with Crippen LogP contribution in [0.4, 0.5) is 11.4 Å². The second kappa shape index (κ2) is 5.68. The molecule has 0 unspecified atom stereocenters. The number of ether oxygens (including phenoxy) is 2. The van der Waals surface area contributed by atoms with E-state index in [0.29, 0.717) is 23.7 Å². The number of carbonyl (C=O) groups excluding carboxylic acids is 1. The number of morpholine rings is 1. The van der Waals surface area contributed by atoms with E-state index in [9.17, 15) is 4.79 Å². The van der Waals surface area contributed by atoms with Gasteiger partial charge in [-0.2, -0.15) is 0 Å². The molecule has 2 heterocycles. The third-order valence-electron chi connectivity index (χ3n) is 3.70. The Morgan fingerprint density at radius 2 is 2.00 bits per heavy atom. The van der Waals surface area contributed by atoms with E-state index in [-0.39, 0.29) is 12.5 Å². The monoisotopic (exact) mass is 277 g/mol. The topological polar surface area (TPSA) is 68.0 Å². The fourth-order valence-corrected chi connectivity index (χ4v) is 2.59. The first-order valence-corrected chi connectivity index (χ1v) is 6.87. The Balaban J connectivity index is 1.73. The lowest BCUT2D eigenvalue weighted by molar-refractivity contribution is -0.121. The van der Waals surface area contributed by atoms with Gasteiger partial charge in [0.2, 0.25) is 0 Å². The number of benzene rings is 1. The largest absolute Gasteiger partial charge is 0.481 e. The summed E-state index contributed by atoms with van der Waals surface area (Å²) >= 11 is 0. The fourth-order valence-electron chi connectivity index (χ4n) is 2.59. The predicted molar refractivity (Wildman–Crippen MR) is 76.0 cm³/mol. The van der Waals surface area contributed by atoms with Gasteiger partial charge in [0.05, 0.1) is 18.9 Å². The van der Waals surface area contributed by atoms with Crippen LogP contribution in [-0.2, 0) is 9.53 Å². The predicted octanol–water partition coefficient (Wildman–Crippen LogP) is 0.326. The van der Waals surface area contributed by atoms with E-state index >= 15 is 0 Å². The molecule has 2 N–H and O–H groups in total. The van der Waals surface area contributed by atoms with Gasteiger partial charge in [-0.05, 0) is 12.1 Å². The first-order valence-electron chi connectivity index (χ1n) is 6.87. The van der Waals surface area contributed by atoms with E-state index in [0.717, 1.165) is 32.8 Å². The zero-order valence-electron chi connectivity index (χ0n) is 11.4. The summed E-state index contributed by atoms with van der Waals surface area (Å²) in [7, 11) is 0. The van der Waals surface area contributed by atoms with Gasteiger partial charge < -0.3 is 20.1 Å². The van der Waals surface area contributed by atoms with Gasteiger partial charge in [-0.25, -0.2) is 0 Å². The van der Waals surface area contributed by atoms with Crippen molar-refractivity contribution < 1.29 is 14.3 Å². The van der Waals surface area contributed by atoms with E-state index in [1.54, 1.807) is 11.0 Å². The van der Waals surface area contributed by atoms with Crippen LogP contribution in [0.1, 0.15) is 0 Å². The molecule has 0 spiro atoms. The Labute approximate surface area is 118 Å². The van der Waals surface area contributed by atoms with Crippen molar-refractivity contribution in [3.05, 3.63) is 18.2 Å². The summed E-state index contributed by atoms with van der Waals surface area (Å²) in [5, 5.41) is 0. The molecule has 6 nitrogen and oxygen atoms in total. The molecule has 3 rings (SSSR count). The van der Waals surface area contributed by atoms with E-state index in [1.165, 1.54) is 0 Å². The molecular weight excluding hydrogens is 258 g/mol.